The van der Waals surface area contributed by atoms with E-state index in [1.807, 2.05) is 6.07 Å². The first-order valence-electron chi connectivity index (χ1n) is 5.65. The van der Waals surface area contributed by atoms with Crippen LogP contribution in [0.2, 0.25) is 0 Å². The summed E-state index contributed by atoms with van der Waals surface area (Å²) < 4.78 is 23.1. The molecule has 0 aliphatic heterocycles. The third-order valence-corrected chi connectivity index (χ3v) is 5.35. The number of anilines is 1. The molecule has 0 saturated carbocycles. The minimum Gasteiger partial charge on any atom is -0.384 e. The van der Waals surface area contributed by atoms with Crippen LogP contribution in [0.25, 0.3) is 0 Å². The molecule has 0 unspecified atom stereocenters. The van der Waals surface area contributed by atoms with Crippen LogP contribution in [0.4, 0.5) is 5.82 Å². The van der Waals surface area contributed by atoms with Crippen LogP contribution in [0.3, 0.4) is 0 Å². The molecule has 0 spiro atoms. The molecule has 96 valence electrons. The van der Waals surface area contributed by atoms with E-state index < -0.39 is 14.6 Å². The van der Waals surface area contributed by atoms with Gasteiger partial charge in [-0.25, -0.2) is 13.4 Å². The van der Waals surface area contributed by atoms with Crippen molar-refractivity contribution in [2.75, 3.05) is 11.5 Å². The number of hydrogen-bond donors (Lipinski definition) is 1. The molecule has 0 aliphatic rings. The summed E-state index contributed by atoms with van der Waals surface area (Å²) in [6, 6.07) is 3.64. The van der Waals surface area contributed by atoms with Gasteiger partial charge in [-0.1, -0.05) is 0 Å². The van der Waals surface area contributed by atoms with Crippen LogP contribution in [0.15, 0.2) is 18.3 Å². The SMILES string of the molecule is CC(C)(C)S(=O)(=O)CCCc1ccnc(N)c1. The number of aryl methyl sites for hydroxylation is 1. The van der Waals surface area contributed by atoms with Crippen LogP contribution in [0, 0.1) is 0 Å². The molecule has 5 heteroatoms. The van der Waals surface area contributed by atoms with Gasteiger partial charge in [0.15, 0.2) is 9.84 Å². The summed E-state index contributed by atoms with van der Waals surface area (Å²) in [5.41, 5.74) is 6.59. The van der Waals surface area contributed by atoms with Gasteiger partial charge in [0.1, 0.15) is 5.82 Å². The smallest absolute Gasteiger partial charge is 0.155 e. The van der Waals surface area contributed by atoms with Gasteiger partial charge in [0.25, 0.3) is 0 Å². The first kappa shape index (κ1) is 14.0. The number of nitrogen functional groups attached to an aromatic ring is 1. The van der Waals surface area contributed by atoms with Gasteiger partial charge in [0.05, 0.1) is 10.5 Å². The van der Waals surface area contributed by atoms with E-state index in [1.54, 1.807) is 33.0 Å². The van der Waals surface area contributed by atoms with Gasteiger partial charge in [-0.3, -0.25) is 0 Å². The maximum absolute atomic E-state index is 11.9. The molecule has 0 aromatic carbocycles. The van der Waals surface area contributed by atoms with Gasteiger partial charge in [0, 0.05) is 6.20 Å². The predicted molar refractivity (Wildman–Crippen MR) is 70.5 cm³/mol. The average Bonchev–Trinajstić information content (AvgIpc) is 2.15. The van der Waals surface area contributed by atoms with Crippen molar-refractivity contribution in [3.8, 4) is 0 Å². The zero-order valence-electron chi connectivity index (χ0n) is 10.6. The number of nitrogens with two attached hydrogens (primary N) is 1. The topological polar surface area (TPSA) is 73.0 Å². The standard InChI is InChI=1S/C12H20N2O2S/c1-12(2,3)17(15,16)8-4-5-10-6-7-14-11(13)9-10/h6-7,9H,4-5,8H2,1-3H3,(H2,13,14). The van der Waals surface area contributed by atoms with Crippen LogP contribution in [-0.4, -0.2) is 23.9 Å². The summed E-state index contributed by atoms with van der Waals surface area (Å²) >= 11 is 0. The number of aromatic nitrogens is 1. The zero-order valence-corrected chi connectivity index (χ0v) is 11.4. The molecule has 0 aliphatic carbocycles. The lowest BCUT2D eigenvalue weighted by Crippen LogP contribution is -2.30. The quantitative estimate of drug-likeness (QED) is 0.891. The Morgan fingerprint density at radius 3 is 2.53 bits per heavy atom. The Morgan fingerprint density at radius 2 is 2.00 bits per heavy atom. The second kappa shape index (κ2) is 5.04. The van der Waals surface area contributed by atoms with E-state index in [9.17, 15) is 8.42 Å². The minimum atomic E-state index is -3.02. The number of rotatable bonds is 4. The third-order valence-electron chi connectivity index (χ3n) is 2.66. The van der Waals surface area contributed by atoms with Crippen molar-refractivity contribution in [2.45, 2.75) is 38.4 Å². The third kappa shape index (κ3) is 4.00. The Hall–Kier alpha value is -1.10. The van der Waals surface area contributed by atoms with Gasteiger partial charge in [0.2, 0.25) is 0 Å². The Kier molecular flexibility index (Phi) is 4.14. The van der Waals surface area contributed by atoms with Crippen LogP contribution in [-0.2, 0) is 16.3 Å². The summed E-state index contributed by atoms with van der Waals surface area (Å²) in [4.78, 5) is 3.90. The van der Waals surface area contributed by atoms with Crippen molar-refractivity contribution in [1.82, 2.24) is 4.98 Å². The number of nitrogens with zero attached hydrogens (tertiary/aromatic N) is 1. The number of pyridine rings is 1. The Bertz CT molecular complexity index is 476. The first-order valence-corrected chi connectivity index (χ1v) is 7.30. The highest BCUT2D eigenvalue weighted by Gasteiger charge is 2.27. The van der Waals surface area contributed by atoms with E-state index in [4.69, 9.17) is 5.73 Å². The molecule has 0 radical (unpaired) electrons. The second-order valence-electron chi connectivity index (χ2n) is 5.12. The molecule has 4 nitrogen and oxygen atoms in total. The molecule has 2 N–H and O–H groups in total. The van der Waals surface area contributed by atoms with Crippen LogP contribution in [0.5, 0.6) is 0 Å². The Balaban J connectivity index is 2.55. The first-order chi connectivity index (χ1) is 7.72. The lowest BCUT2D eigenvalue weighted by Gasteiger charge is -2.18. The van der Waals surface area contributed by atoms with Crippen molar-refractivity contribution < 1.29 is 8.42 Å². The maximum Gasteiger partial charge on any atom is 0.155 e. The summed E-state index contributed by atoms with van der Waals surface area (Å²) in [7, 11) is -3.02. The van der Waals surface area contributed by atoms with E-state index in [2.05, 4.69) is 4.98 Å². The molecule has 0 amide bonds. The fourth-order valence-corrected chi connectivity index (χ4v) is 2.56. The lowest BCUT2D eigenvalue weighted by molar-refractivity contribution is 0.557. The van der Waals surface area contributed by atoms with E-state index in [0.29, 0.717) is 18.7 Å². The number of hydrogen-bond acceptors (Lipinski definition) is 4. The van der Waals surface area contributed by atoms with Crippen LogP contribution >= 0.6 is 0 Å². The molecule has 1 rings (SSSR count). The molecule has 0 atom stereocenters. The summed E-state index contributed by atoms with van der Waals surface area (Å²) in [5.74, 6) is 0.680. The van der Waals surface area contributed by atoms with Gasteiger partial charge in [-0.05, 0) is 51.3 Å². The monoisotopic (exact) mass is 256 g/mol. The highest BCUT2D eigenvalue weighted by Crippen LogP contribution is 2.17. The predicted octanol–water partition coefficient (Wildman–Crippen LogP) is 1.81. The second-order valence-corrected chi connectivity index (χ2v) is 7.99. The average molecular weight is 256 g/mol. The molecule has 0 saturated heterocycles. The van der Waals surface area contributed by atoms with E-state index >= 15 is 0 Å². The maximum atomic E-state index is 11.9. The molecular formula is C12H20N2O2S. The Morgan fingerprint density at radius 1 is 1.35 bits per heavy atom. The summed E-state index contributed by atoms with van der Waals surface area (Å²) in [6.45, 7) is 5.19. The summed E-state index contributed by atoms with van der Waals surface area (Å²) in [6.07, 6.45) is 2.97. The van der Waals surface area contributed by atoms with Crippen molar-refractivity contribution in [1.29, 1.82) is 0 Å². The minimum absolute atomic E-state index is 0.207. The fraction of sp³-hybridized carbons (Fsp3) is 0.583. The fourth-order valence-electron chi connectivity index (χ4n) is 1.42. The van der Waals surface area contributed by atoms with Gasteiger partial charge < -0.3 is 5.73 Å². The van der Waals surface area contributed by atoms with Gasteiger partial charge in [-0.2, -0.15) is 0 Å². The zero-order chi connectivity index (χ0) is 13.1. The Labute approximate surface area is 103 Å². The van der Waals surface area contributed by atoms with Crippen molar-refractivity contribution in [3.63, 3.8) is 0 Å². The molecular weight excluding hydrogens is 236 g/mol. The molecule has 0 fully saturated rings. The van der Waals surface area contributed by atoms with Crippen LogP contribution < -0.4 is 5.73 Å². The molecule has 1 aromatic heterocycles. The normalized spacial score (nSPS) is 12.6. The molecule has 1 aromatic rings. The van der Waals surface area contributed by atoms with Gasteiger partial charge >= 0.3 is 0 Å². The van der Waals surface area contributed by atoms with Gasteiger partial charge in [-0.15, -0.1) is 0 Å². The number of sulfone groups is 1. The van der Waals surface area contributed by atoms with Crippen LogP contribution in [0.1, 0.15) is 32.8 Å². The van der Waals surface area contributed by atoms with Crippen molar-refractivity contribution in [2.24, 2.45) is 0 Å². The van der Waals surface area contributed by atoms with Crippen molar-refractivity contribution in [3.05, 3.63) is 23.9 Å². The van der Waals surface area contributed by atoms with E-state index in [0.717, 1.165) is 5.56 Å². The van der Waals surface area contributed by atoms with E-state index in [1.165, 1.54) is 0 Å². The summed E-state index contributed by atoms with van der Waals surface area (Å²) in [5, 5.41) is 0. The highest BCUT2D eigenvalue weighted by atomic mass is 32.2. The highest BCUT2D eigenvalue weighted by molar-refractivity contribution is 7.92. The van der Waals surface area contributed by atoms with Crippen molar-refractivity contribution >= 4 is 15.7 Å². The molecule has 1 heterocycles. The van der Waals surface area contributed by atoms with E-state index in [-0.39, 0.29) is 5.75 Å². The lowest BCUT2D eigenvalue weighted by atomic mass is 10.1. The molecule has 17 heavy (non-hydrogen) atoms. The largest absolute Gasteiger partial charge is 0.384 e. The molecule has 0 bridgehead atoms.